The van der Waals surface area contributed by atoms with Crippen LogP contribution in [0.1, 0.15) is 12.8 Å². The summed E-state index contributed by atoms with van der Waals surface area (Å²) in [6.07, 6.45) is 7.27. The first kappa shape index (κ1) is 6.77. The van der Waals surface area contributed by atoms with Gasteiger partial charge in [0.05, 0.1) is 6.10 Å². The molecule has 0 N–H and O–H groups in total. The highest BCUT2D eigenvalue weighted by atomic mass is 16.6. The average Bonchev–Trinajstić information content (AvgIpc) is 2.64. The van der Waals surface area contributed by atoms with Crippen molar-refractivity contribution in [3.05, 3.63) is 12.2 Å². The van der Waals surface area contributed by atoms with Gasteiger partial charge in [0, 0.05) is 5.92 Å². The molecule has 2 heteroatoms. The molecule has 4 aliphatic rings. The maximum atomic E-state index is 11.9. The van der Waals surface area contributed by atoms with E-state index < -0.39 is 0 Å². The number of epoxide rings is 1. The normalized spacial score (nSPS) is 60.8. The minimum atomic E-state index is 0.00833. The van der Waals surface area contributed by atoms with Crippen LogP contribution in [0.3, 0.4) is 0 Å². The fourth-order valence-electron chi connectivity index (χ4n) is 3.70. The Kier molecular flexibility index (Phi) is 0.989. The van der Waals surface area contributed by atoms with E-state index >= 15 is 0 Å². The number of fused-ring (bicyclic) bond motifs is 6. The molecule has 0 spiro atoms. The van der Waals surface area contributed by atoms with Crippen LogP contribution in [0, 0.1) is 23.7 Å². The third-order valence-electron chi connectivity index (χ3n) is 4.32. The summed E-state index contributed by atoms with van der Waals surface area (Å²) >= 11 is 0. The average molecular weight is 176 g/mol. The highest BCUT2D eigenvalue weighted by Crippen LogP contribution is 2.56. The molecule has 1 heterocycles. The van der Waals surface area contributed by atoms with Crippen molar-refractivity contribution in [2.24, 2.45) is 23.7 Å². The maximum Gasteiger partial charge on any atom is 0.168 e. The summed E-state index contributed by atoms with van der Waals surface area (Å²) in [6, 6.07) is 0. The molecule has 1 aliphatic heterocycles. The van der Waals surface area contributed by atoms with Gasteiger partial charge in [-0.15, -0.1) is 0 Å². The molecule has 6 unspecified atom stereocenters. The highest BCUT2D eigenvalue weighted by Gasteiger charge is 2.61. The summed E-state index contributed by atoms with van der Waals surface area (Å²) in [5, 5.41) is 0. The summed E-state index contributed by atoms with van der Waals surface area (Å²) in [4.78, 5) is 11.9. The number of rotatable bonds is 0. The molecular weight excluding hydrogens is 164 g/mol. The quantitative estimate of drug-likeness (QED) is 0.409. The number of hydrogen-bond acceptors (Lipinski definition) is 2. The van der Waals surface area contributed by atoms with E-state index in [0.29, 0.717) is 35.6 Å². The molecule has 2 saturated carbocycles. The largest absolute Gasteiger partial charge is 0.361 e. The Balaban J connectivity index is 1.78. The molecule has 0 aromatic rings. The third-order valence-corrected chi connectivity index (χ3v) is 4.32. The SMILES string of the molecule is O=C1C2OC2CC2C3C=CC(C3)C12. The molecule has 0 aromatic carbocycles. The van der Waals surface area contributed by atoms with Gasteiger partial charge in [0.1, 0.15) is 6.10 Å². The Morgan fingerprint density at radius 3 is 3.00 bits per heavy atom. The molecule has 4 rings (SSSR count). The smallest absolute Gasteiger partial charge is 0.168 e. The number of allylic oxidation sites excluding steroid dienone is 2. The van der Waals surface area contributed by atoms with Gasteiger partial charge in [-0.25, -0.2) is 0 Å². The van der Waals surface area contributed by atoms with Crippen LogP contribution in [0.4, 0.5) is 0 Å². The van der Waals surface area contributed by atoms with E-state index in [1.165, 1.54) is 6.42 Å². The molecule has 3 aliphatic carbocycles. The Morgan fingerprint density at radius 2 is 2.08 bits per heavy atom. The standard InChI is InChI=1S/C11H12O2/c12-10-9-6-2-1-5(3-6)7(9)4-8-11(10)13-8/h1-2,5-9,11H,3-4H2. The second-order valence-electron chi connectivity index (χ2n) is 4.87. The zero-order valence-electron chi connectivity index (χ0n) is 7.35. The van der Waals surface area contributed by atoms with Crippen molar-refractivity contribution >= 4 is 5.78 Å². The van der Waals surface area contributed by atoms with E-state index in [9.17, 15) is 4.79 Å². The van der Waals surface area contributed by atoms with Gasteiger partial charge in [0.2, 0.25) is 0 Å². The topological polar surface area (TPSA) is 29.6 Å². The zero-order valence-corrected chi connectivity index (χ0v) is 7.35. The fourth-order valence-corrected chi connectivity index (χ4v) is 3.70. The van der Waals surface area contributed by atoms with Crippen molar-refractivity contribution in [3.8, 4) is 0 Å². The fraction of sp³-hybridized carbons (Fsp3) is 0.727. The van der Waals surface area contributed by atoms with Crippen molar-refractivity contribution < 1.29 is 9.53 Å². The van der Waals surface area contributed by atoms with E-state index in [4.69, 9.17) is 4.74 Å². The molecule has 0 radical (unpaired) electrons. The molecule has 1 saturated heterocycles. The van der Waals surface area contributed by atoms with E-state index in [-0.39, 0.29) is 6.10 Å². The van der Waals surface area contributed by atoms with Gasteiger partial charge in [-0.2, -0.15) is 0 Å². The molecule has 0 aromatic heterocycles. The van der Waals surface area contributed by atoms with Crippen molar-refractivity contribution in [2.45, 2.75) is 25.0 Å². The maximum absolute atomic E-state index is 11.9. The van der Waals surface area contributed by atoms with Gasteiger partial charge >= 0.3 is 0 Å². The molecule has 68 valence electrons. The number of carbonyl (C=O) groups excluding carboxylic acids is 1. The third kappa shape index (κ3) is 0.678. The van der Waals surface area contributed by atoms with Crippen LogP contribution in [0.15, 0.2) is 12.2 Å². The second kappa shape index (κ2) is 1.90. The van der Waals surface area contributed by atoms with Gasteiger partial charge < -0.3 is 4.74 Å². The molecule has 3 fully saturated rings. The van der Waals surface area contributed by atoms with Crippen LogP contribution in [-0.2, 0) is 9.53 Å². The number of carbonyl (C=O) groups is 1. The Morgan fingerprint density at radius 1 is 1.23 bits per heavy atom. The van der Waals surface area contributed by atoms with Crippen molar-refractivity contribution in [1.29, 1.82) is 0 Å². The minimum absolute atomic E-state index is 0.00833. The second-order valence-corrected chi connectivity index (χ2v) is 4.87. The minimum Gasteiger partial charge on any atom is -0.361 e. The molecular formula is C11H12O2. The number of ketones is 1. The first-order chi connectivity index (χ1) is 6.34. The van der Waals surface area contributed by atoms with E-state index in [0.717, 1.165) is 6.42 Å². The lowest BCUT2D eigenvalue weighted by Crippen LogP contribution is -2.36. The van der Waals surface area contributed by atoms with Gasteiger partial charge in [-0.1, -0.05) is 12.2 Å². The van der Waals surface area contributed by atoms with Gasteiger partial charge in [0.15, 0.2) is 5.78 Å². The van der Waals surface area contributed by atoms with E-state index in [1.54, 1.807) is 0 Å². The summed E-state index contributed by atoms with van der Waals surface area (Å²) in [5.74, 6) is 2.64. The highest BCUT2D eigenvalue weighted by molar-refractivity contribution is 5.90. The molecule has 0 amide bonds. The summed E-state index contributed by atoms with van der Waals surface area (Å²) in [6.45, 7) is 0. The summed E-state index contributed by atoms with van der Waals surface area (Å²) in [7, 11) is 0. The van der Waals surface area contributed by atoms with Crippen molar-refractivity contribution in [3.63, 3.8) is 0 Å². The summed E-state index contributed by atoms with van der Waals surface area (Å²) in [5.41, 5.74) is 0. The van der Waals surface area contributed by atoms with Crippen LogP contribution in [-0.4, -0.2) is 18.0 Å². The predicted octanol–water partition coefficient (Wildman–Crippen LogP) is 1.16. The van der Waals surface area contributed by atoms with Crippen LogP contribution >= 0.6 is 0 Å². The first-order valence-electron chi connectivity index (χ1n) is 5.22. The molecule has 2 bridgehead atoms. The van der Waals surface area contributed by atoms with E-state index in [1.807, 2.05) is 0 Å². The Labute approximate surface area is 77.0 Å². The van der Waals surface area contributed by atoms with Gasteiger partial charge in [-0.05, 0) is 30.6 Å². The van der Waals surface area contributed by atoms with Gasteiger partial charge in [-0.3, -0.25) is 4.79 Å². The number of ether oxygens (including phenoxy) is 1. The Hall–Kier alpha value is -0.630. The monoisotopic (exact) mass is 176 g/mol. The number of Topliss-reactive ketones (excluding diaryl/α,β-unsaturated/α-hetero) is 1. The molecule has 2 nitrogen and oxygen atoms in total. The first-order valence-corrected chi connectivity index (χ1v) is 5.22. The van der Waals surface area contributed by atoms with Crippen LogP contribution in [0.25, 0.3) is 0 Å². The lowest BCUT2D eigenvalue weighted by molar-refractivity contribution is -0.126. The summed E-state index contributed by atoms with van der Waals surface area (Å²) < 4.78 is 5.37. The zero-order chi connectivity index (χ0) is 8.58. The van der Waals surface area contributed by atoms with Gasteiger partial charge in [0.25, 0.3) is 0 Å². The van der Waals surface area contributed by atoms with Crippen LogP contribution in [0.5, 0.6) is 0 Å². The predicted molar refractivity (Wildman–Crippen MR) is 46.0 cm³/mol. The lowest BCUT2D eigenvalue weighted by Gasteiger charge is -2.28. The van der Waals surface area contributed by atoms with Crippen molar-refractivity contribution in [1.82, 2.24) is 0 Å². The Bertz CT molecular complexity index is 320. The molecule has 6 atom stereocenters. The molecule has 13 heavy (non-hydrogen) atoms. The lowest BCUT2D eigenvalue weighted by atomic mass is 9.73. The van der Waals surface area contributed by atoms with Crippen molar-refractivity contribution in [2.75, 3.05) is 0 Å². The van der Waals surface area contributed by atoms with Crippen LogP contribution in [0.2, 0.25) is 0 Å². The number of hydrogen-bond donors (Lipinski definition) is 0. The van der Waals surface area contributed by atoms with Crippen LogP contribution < -0.4 is 0 Å². The van der Waals surface area contributed by atoms with E-state index in [2.05, 4.69) is 12.2 Å².